The highest BCUT2D eigenvalue weighted by atomic mass is 35.5. The van der Waals surface area contributed by atoms with Crippen LogP contribution in [0.5, 0.6) is 0 Å². The molecule has 0 spiro atoms. The topological polar surface area (TPSA) is 73.8 Å². The molecule has 0 aliphatic heterocycles. The average molecular weight is 267 g/mol. The average Bonchev–Trinajstić information content (AvgIpc) is 2.77. The number of halogens is 1. The van der Waals surface area contributed by atoms with Crippen molar-refractivity contribution in [2.24, 2.45) is 0 Å². The molecule has 0 aliphatic rings. The lowest BCUT2D eigenvalue weighted by atomic mass is 10.2. The Morgan fingerprint density at radius 3 is 2.94 bits per heavy atom. The molecule has 0 saturated carbocycles. The Kier molecular flexibility index (Phi) is 3.57. The fourth-order valence-corrected chi connectivity index (χ4v) is 1.77. The second-order valence-corrected chi connectivity index (χ2v) is 4.14. The van der Waals surface area contributed by atoms with E-state index in [9.17, 15) is 10.1 Å². The maximum Gasteiger partial charge on any atom is 0.295 e. The van der Waals surface area contributed by atoms with Crippen LogP contribution >= 0.6 is 11.6 Å². The van der Waals surface area contributed by atoms with Gasteiger partial charge in [0.1, 0.15) is 5.15 Å². The maximum absolute atomic E-state index is 10.9. The molecule has 0 aromatic carbocycles. The smallest absolute Gasteiger partial charge is 0.272 e. The zero-order valence-corrected chi connectivity index (χ0v) is 10.5. The molecule has 0 amide bonds. The summed E-state index contributed by atoms with van der Waals surface area (Å²) in [4.78, 5) is 14.5. The summed E-state index contributed by atoms with van der Waals surface area (Å²) in [5, 5.41) is 15.3. The number of aryl methyl sites for hydroxylation is 1. The van der Waals surface area contributed by atoms with Crippen molar-refractivity contribution >= 4 is 17.3 Å². The number of hydrogen-bond acceptors (Lipinski definition) is 4. The van der Waals surface area contributed by atoms with Gasteiger partial charge in [-0.1, -0.05) is 18.5 Å². The van der Waals surface area contributed by atoms with Crippen LogP contribution in [0.25, 0.3) is 11.3 Å². The first-order valence-electron chi connectivity index (χ1n) is 5.45. The number of pyridine rings is 1. The van der Waals surface area contributed by atoms with Crippen LogP contribution in [0.3, 0.4) is 0 Å². The van der Waals surface area contributed by atoms with Gasteiger partial charge in [-0.3, -0.25) is 14.8 Å². The highest BCUT2D eigenvalue weighted by molar-refractivity contribution is 6.29. The second-order valence-electron chi connectivity index (χ2n) is 3.75. The van der Waals surface area contributed by atoms with E-state index >= 15 is 0 Å². The van der Waals surface area contributed by atoms with E-state index in [0.717, 1.165) is 13.0 Å². The largest absolute Gasteiger partial charge is 0.295 e. The zero-order valence-electron chi connectivity index (χ0n) is 9.71. The Bertz CT molecular complexity index is 582. The van der Waals surface area contributed by atoms with E-state index in [1.165, 1.54) is 12.1 Å². The van der Waals surface area contributed by atoms with Gasteiger partial charge in [0.2, 0.25) is 0 Å². The molecule has 0 bridgehead atoms. The molecule has 2 aromatic heterocycles. The predicted octanol–water partition coefficient (Wildman–Crippen LogP) is 2.92. The Labute approximate surface area is 108 Å². The van der Waals surface area contributed by atoms with E-state index in [1.54, 1.807) is 17.1 Å². The molecule has 0 unspecified atom stereocenters. The summed E-state index contributed by atoms with van der Waals surface area (Å²) in [6, 6.07) is 2.75. The summed E-state index contributed by atoms with van der Waals surface area (Å²) < 4.78 is 1.72. The normalized spacial score (nSPS) is 10.6. The van der Waals surface area contributed by atoms with Crippen LogP contribution in [0, 0.1) is 10.1 Å². The molecular formula is C11H11ClN4O2. The minimum absolute atomic E-state index is 0.0737. The molecule has 0 N–H and O–H groups in total. The molecule has 7 heteroatoms. The third-order valence-electron chi connectivity index (χ3n) is 2.40. The fourth-order valence-electron chi connectivity index (χ4n) is 1.62. The van der Waals surface area contributed by atoms with Crippen molar-refractivity contribution in [1.82, 2.24) is 14.8 Å². The number of nitrogens with zero attached hydrogens (tertiary/aromatic N) is 4. The van der Waals surface area contributed by atoms with E-state index < -0.39 is 4.92 Å². The molecule has 94 valence electrons. The summed E-state index contributed by atoms with van der Waals surface area (Å²) in [6.07, 6.45) is 4.22. The SMILES string of the molecule is CCCn1cc(-c2nc(Cl)ccc2[N+](=O)[O-])cn1. The monoisotopic (exact) mass is 266 g/mol. The summed E-state index contributed by atoms with van der Waals surface area (Å²) >= 11 is 5.78. The lowest BCUT2D eigenvalue weighted by molar-refractivity contribution is -0.384. The van der Waals surface area contributed by atoms with Gasteiger partial charge in [-0.05, 0) is 12.5 Å². The maximum atomic E-state index is 10.9. The minimum Gasteiger partial charge on any atom is -0.272 e. The van der Waals surface area contributed by atoms with Gasteiger partial charge in [0.15, 0.2) is 5.69 Å². The number of nitro groups is 1. The highest BCUT2D eigenvalue weighted by Crippen LogP contribution is 2.28. The van der Waals surface area contributed by atoms with Crippen LogP contribution in [0.4, 0.5) is 5.69 Å². The Balaban J connectivity index is 2.47. The van der Waals surface area contributed by atoms with Crippen LogP contribution in [0.15, 0.2) is 24.5 Å². The molecule has 2 heterocycles. The summed E-state index contributed by atoms with van der Waals surface area (Å²) in [5.74, 6) is 0. The van der Waals surface area contributed by atoms with Crippen molar-refractivity contribution in [1.29, 1.82) is 0 Å². The number of aromatic nitrogens is 3. The molecular weight excluding hydrogens is 256 g/mol. The van der Waals surface area contributed by atoms with Gasteiger partial charge < -0.3 is 0 Å². The molecule has 2 rings (SSSR count). The molecule has 0 aliphatic carbocycles. The number of hydrogen-bond donors (Lipinski definition) is 0. The molecule has 6 nitrogen and oxygen atoms in total. The van der Waals surface area contributed by atoms with Gasteiger partial charge in [-0.15, -0.1) is 0 Å². The molecule has 0 atom stereocenters. The van der Waals surface area contributed by atoms with E-state index in [-0.39, 0.29) is 16.5 Å². The van der Waals surface area contributed by atoms with Crippen molar-refractivity contribution in [3.8, 4) is 11.3 Å². The van der Waals surface area contributed by atoms with Crippen molar-refractivity contribution in [3.63, 3.8) is 0 Å². The Hall–Kier alpha value is -1.95. The van der Waals surface area contributed by atoms with Crippen molar-refractivity contribution in [2.45, 2.75) is 19.9 Å². The van der Waals surface area contributed by atoms with Crippen molar-refractivity contribution in [3.05, 3.63) is 39.8 Å². The van der Waals surface area contributed by atoms with Gasteiger partial charge in [0.05, 0.1) is 11.1 Å². The Morgan fingerprint density at radius 2 is 2.28 bits per heavy atom. The first-order chi connectivity index (χ1) is 8.61. The van der Waals surface area contributed by atoms with Crippen LogP contribution in [-0.2, 0) is 6.54 Å². The second kappa shape index (κ2) is 5.14. The van der Waals surface area contributed by atoms with E-state index in [0.29, 0.717) is 5.56 Å². The lowest BCUT2D eigenvalue weighted by Crippen LogP contribution is -1.96. The van der Waals surface area contributed by atoms with E-state index in [1.807, 2.05) is 6.92 Å². The highest BCUT2D eigenvalue weighted by Gasteiger charge is 2.18. The van der Waals surface area contributed by atoms with Crippen LogP contribution < -0.4 is 0 Å². The molecule has 0 saturated heterocycles. The standard InChI is InChI=1S/C11H11ClN4O2/c1-2-5-15-7-8(6-13-15)11-9(16(17)18)3-4-10(12)14-11/h3-4,6-7H,2,5H2,1H3. The fraction of sp³-hybridized carbons (Fsp3) is 0.273. The van der Waals surface area contributed by atoms with Crippen molar-refractivity contribution < 1.29 is 4.92 Å². The summed E-state index contributed by atoms with van der Waals surface area (Å²) in [6.45, 7) is 2.79. The van der Waals surface area contributed by atoms with Gasteiger partial charge in [0, 0.05) is 24.4 Å². The van der Waals surface area contributed by atoms with E-state index in [2.05, 4.69) is 10.1 Å². The lowest BCUT2D eigenvalue weighted by Gasteiger charge is -2.00. The predicted molar refractivity (Wildman–Crippen MR) is 67.4 cm³/mol. The number of rotatable bonds is 4. The van der Waals surface area contributed by atoms with E-state index in [4.69, 9.17) is 11.6 Å². The van der Waals surface area contributed by atoms with Gasteiger partial charge in [-0.25, -0.2) is 4.98 Å². The third-order valence-corrected chi connectivity index (χ3v) is 2.61. The van der Waals surface area contributed by atoms with Crippen molar-refractivity contribution in [2.75, 3.05) is 0 Å². The van der Waals surface area contributed by atoms with Gasteiger partial charge in [-0.2, -0.15) is 5.10 Å². The minimum atomic E-state index is -0.476. The first kappa shape index (κ1) is 12.5. The van der Waals surface area contributed by atoms with Crippen LogP contribution in [0.2, 0.25) is 5.15 Å². The molecule has 0 fully saturated rings. The van der Waals surface area contributed by atoms with Gasteiger partial charge in [0.25, 0.3) is 5.69 Å². The quantitative estimate of drug-likeness (QED) is 0.484. The van der Waals surface area contributed by atoms with Gasteiger partial charge >= 0.3 is 0 Å². The van der Waals surface area contributed by atoms with Crippen LogP contribution in [-0.4, -0.2) is 19.7 Å². The zero-order chi connectivity index (χ0) is 13.1. The first-order valence-corrected chi connectivity index (χ1v) is 5.83. The molecule has 2 aromatic rings. The third kappa shape index (κ3) is 2.48. The Morgan fingerprint density at radius 1 is 1.50 bits per heavy atom. The molecule has 18 heavy (non-hydrogen) atoms. The summed E-state index contributed by atoms with van der Waals surface area (Å²) in [7, 11) is 0. The van der Waals surface area contributed by atoms with Crippen LogP contribution in [0.1, 0.15) is 13.3 Å². The molecule has 0 radical (unpaired) electrons. The summed E-state index contributed by atoms with van der Waals surface area (Å²) in [5.41, 5.74) is 0.767.